The lowest BCUT2D eigenvalue weighted by molar-refractivity contribution is 0.293. The Morgan fingerprint density at radius 2 is 1.95 bits per heavy atom. The van der Waals surface area contributed by atoms with E-state index in [4.69, 9.17) is 10.00 Å². The minimum atomic E-state index is -3.24. The fourth-order valence-corrected chi connectivity index (χ4v) is 6.91. The predicted molar refractivity (Wildman–Crippen MR) is 133 cm³/mol. The highest BCUT2D eigenvalue weighted by Crippen LogP contribution is 2.50. The van der Waals surface area contributed by atoms with E-state index in [1.165, 1.54) is 10.8 Å². The van der Waals surface area contributed by atoms with Gasteiger partial charge in [0.1, 0.15) is 22.6 Å². The van der Waals surface area contributed by atoms with Gasteiger partial charge < -0.3 is 9.30 Å². The van der Waals surface area contributed by atoms with Crippen molar-refractivity contribution in [3.05, 3.63) is 64.2 Å². The van der Waals surface area contributed by atoms with Gasteiger partial charge >= 0.3 is 0 Å². The number of hydrogen-bond acceptors (Lipinski definition) is 9. The SMILES string of the molecule is Cn1c(=O)c(-c2cn(Cc3ccc(C#N)cc3)nn2)cc2cnnc(OCC3(S(=O)(=O)C4CC4)CC3)c21. The van der Waals surface area contributed by atoms with Gasteiger partial charge in [-0.25, -0.2) is 13.1 Å². The summed E-state index contributed by atoms with van der Waals surface area (Å²) in [6.07, 6.45) is 5.80. The highest BCUT2D eigenvalue weighted by molar-refractivity contribution is 7.94. The van der Waals surface area contributed by atoms with Crippen molar-refractivity contribution in [2.24, 2.45) is 7.05 Å². The first-order valence-electron chi connectivity index (χ1n) is 11.9. The summed E-state index contributed by atoms with van der Waals surface area (Å²) in [4.78, 5) is 13.3. The lowest BCUT2D eigenvalue weighted by Gasteiger charge is -2.17. The van der Waals surface area contributed by atoms with Crippen molar-refractivity contribution in [3.63, 3.8) is 0 Å². The highest BCUT2D eigenvalue weighted by atomic mass is 32.2. The summed E-state index contributed by atoms with van der Waals surface area (Å²) in [5.41, 5.74) is 2.38. The van der Waals surface area contributed by atoms with Gasteiger partial charge in [0.2, 0.25) is 0 Å². The fraction of sp³-hybridized carbons (Fsp3) is 0.360. The molecular formula is C25H23N7O4S. The van der Waals surface area contributed by atoms with Crippen LogP contribution in [0.4, 0.5) is 0 Å². The number of sulfone groups is 1. The van der Waals surface area contributed by atoms with Gasteiger partial charge in [0.05, 0.1) is 41.4 Å². The van der Waals surface area contributed by atoms with E-state index < -0.39 is 14.6 Å². The molecule has 0 radical (unpaired) electrons. The van der Waals surface area contributed by atoms with E-state index in [2.05, 4.69) is 26.6 Å². The largest absolute Gasteiger partial charge is 0.473 e. The van der Waals surface area contributed by atoms with Crippen LogP contribution in [-0.4, -0.2) is 54.8 Å². The molecule has 0 spiro atoms. The molecule has 3 aromatic heterocycles. The maximum Gasteiger partial charge on any atom is 0.260 e. The summed E-state index contributed by atoms with van der Waals surface area (Å²) in [6, 6.07) is 10.9. The Kier molecular flexibility index (Phi) is 5.34. The first-order valence-corrected chi connectivity index (χ1v) is 13.5. The van der Waals surface area contributed by atoms with Crippen LogP contribution in [0.25, 0.3) is 22.2 Å². The Labute approximate surface area is 212 Å². The summed E-state index contributed by atoms with van der Waals surface area (Å²) in [7, 11) is -1.63. The van der Waals surface area contributed by atoms with Crippen molar-refractivity contribution < 1.29 is 13.2 Å². The zero-order valence-corrected chi connectivity index (χ0v) is 20.8. The first kappa shape index (κ1) is 23.3. The number of ether oxygens (including phenoxy) is 1. The molecule has 2 aliphatic rings. The molecule has 0 atom stereocenters. The molecule has 2 fully saturated rings. The molecule has 0 N–H and O–H groups in total. The summed E-state index contributed by atoms with van der Waals surface area (Å²) < 4.78 is 33.8. The number of aryl methyl sites for hydroxylation is 1. The van der Waals surface area contributed by atoms with Crippen LogP contribution < -0.4 is 10.3 Å². The molecule has 0 unspecified atom stereocenters. The van der Waals surface area contributed by atoms with Crippen LogP contribution in [0.15, 0.2) is 47.5 Å². The lowest BCUT2D eigenvalue weighted by atomic mass is 10.1. The first-order chi connectivity index (χ1) is 17.8. The number of nitriles is 1. The van der Waals surface area contributed by atoms with Crippen molar-refractivity contribution in [1.82, 2.24) is 29.8 Å². The zero-order chi connectivity index (χ0) is 25.8. The Morgan fingerprint density at radius 3 is 2.62 bits per heavy atom. The molecule has 1 aromatic carbocycles. The quantitative estimate of drug-likeness (QED) is 0.342. The smallest absolute Gasteiger partial charge is 0.260 e. The predicted octanol–water partition coefficient (Wildman–Crippen LogP) is 2.00. The van der Waals surface area contributed by atoms with Gasteiger partial charge in [0.15, 0.2) is 9.84 Å². The van der Waals surface area contributed by atoms with Gasteiger partial charge in [-0.2, -0.15) is 10.4 Å². The summed E-state index contributed by atoms with van der Waals surface area (Å²) in [5, 5.41) is 25.7. The molecule has 2 saturated carbocycles. The average Bonchev–Trinajstić information content (AvgIpc) is 3.83. The van der Waals surface area contributed by atoms with E-state index in [9.17, 15) is 13.2 Å². The molecule has 37 heavy (non-hydrogen) atoms. The number of hydrogen-bond donors (Lipinski definition) is 0. The summed E-state index contributed by atoms with van der Waals surface area (Å²) >= 11 is 0. The second-order valence-corrected chi connectivity index (χ2v) is 12.3. The van der Waals surface area contributed by atoms with Crippen molar-refractivity contribution in [2.75, 3.05) is 6.61 Å². The standard InChI is InChI=1S/C25H23N7O4S/c1-31-22-18(12-27-29-23(22)36-15-25(8-9-25)37(34,35)19-6-7-19)10-20(24(31)33)21-14-32(30-28-21)13-17-4-2-16(11-26)3-5-17/h2-5,10,12,14,19H,6-9,13,15H2,1H3. The Bertz CT molecular complexity index is 1730. The van der Waals surface area contributed by atoms with E-state index >= 15 is 0 Å². The molecular weight excluding hydrogens is 494 g/mol. The van der Waals surface area contributed by atoms with Gasteiger partial charge in [-0.3, -0.25) is 4.79 Å². The van der Waals surface area contributed by atoms with Crippen LogP contribution in [0, 0.1) is 11.3 Å². The van der Waals surface area contributed by atoms with E-state index in [-0.39, 0.29) is 23.3 Å². The number of nitrogens with zero attached hydrogens (tertiary/aromatic N) is 7. The molecule has 2 aliphatic carbocycles. The molecule has 6 rings (SSSR count). The summed E-state index contributed by atoms with van der Waals surface area (Å²) in [6.45, 7) is 0.431. The average molecular weight is 518 g/mol. The molecule has 3 heterocycles. The van der Waals surface area contributed by atoms with Gasteiger partial charge in [0, 0.05) is 12.4 Å². The maximum atomic E-state index is 13.3. The normalized spacial score (nSPS) is 16.4. The van der Waals surface area contributed by atoms with E-state index in [0.29, 0.717) is 60.0 Å². The molecule has 4 aromatic rings. The van der Waals surface area contributed by atoms with Gasteiger partial charge in [0.25, 0.3) is 11.4 Å². The molecule has 0 bridgehead atoms. The van der Waals surface area contributed by atoms with Crippen LogP contribution in [0.2, 0.25) is 0 Å². The lowest BCUT2D eigenvalue weighted by Crippen LogP contribution is -2.33. The molecule has 188 valence electrons. The minimum Gasteiger partial charge on any atom is -0.473 e. The van der Waals surface area contributed by atoms with Crippen LogP contribution in [0.1, 0.15) is 36.8 Å². The Hall–Kier alpha value is -4.11. The third-order valence-corrected chi connectivity index (χ3v) is 10.2. The van der Waals surface area contributed by atoms with Crippen LogP contribution in [-0.2, 0) is 23.4 Å². The molecule has 0 saturated heterocycles. The number of pyridine rings is 1. The third kappa shape index (κ3) is 4.05. The molecule has 0 aliphatic heterocycles. The summed E-state index contributed by atoms with van der Waals surface area (Å²) in [5.74, 6) is 0.130. The second-order valence-electron chi connectivity index (χ2n) is 9.70. The Balaban J connectivity index is 1.28. The number of rotatable bonds is 8. The van der Waals surface area contributed by atoms with Crippen molar-refractivity contribution in [1.29, 1.82) is 5.26 Å². The van der Waals surface area contributed by atoms with Crippen molar-refractivity contribution >= 4 is 20.7 Å². The monoisotopic (exact) mass is 517 g/mol. The van der Waals surface area contributed by atoms with E-state index in [0.717, 1.165) is 5.56 Å². The van der Waals surface area contributed by atoms with Crippen molar-refractivity contribution in [2.45, 2.75) is 42.2 Å². The maximum absolute atomic E-state index is 13.3. The topological polar surface area (TPSA) is 146 Å². The Morgan fingerprint density at radius 1 is 1.19 bits per heavy atom. The second kappa shape index (κ2) is 8.48. The minimum absolute atomic E-state index is 0.000753. The number of aromatic nitrogens is 6. The van der Waals surface area contributed by atoms with Crippen LogP contribution in [0.3, 0.4) is 0 Å². The molecule has 12 heteroatoms. The molecule has 0 amide bonds. The van der Waals surface area contributed by atoms with Gasteiger partial charge in [-0.05, 0) is 49.4 Å². The third-order valence-electron chi connectivity index (χ3n) is 7.08. The highest BCUT2D eigenvalue weighted by Gasteiger charge is 2.60. The van der Waals surface area contributed by atoms with Gasteiger partial charge in [-0.1, -0.05) is 17.3 Å². The number of fused-ring (bicyclic) bond motifs is 1. The zero-order valence-electron chi connectivity index (χ0n) is 20.0. The van der Waals surface area contributed by atoms with Crippen LogP contribution >= 0.6 is 0 Å². The number of benzene rings is 1. The van der Waals surface area contributed by atoms with Crippen LogP contribution in [0.5, 0.6) is 5.88 Å². The fourth-order valence-electron chi connectivity index (χ4n) is 4.55. The van der Waals surface area contributed by atoms with Gasteiger partial charge in [-0.15, -0.1) is 10.2 Å². The molecule has 11 nitrogen and oxygen atoms in total. The van der Waals surface area contributed by atoms with E-state index in [1.54, 1.807) is 36.1 Å². The van der Waals surface area contributed by atoms with E-state index in [1.807, 2.05) is 12.1 Å². The van der Waals surface area contributed by atoms with Crippen molar-refractivity contribution in [3.8, 4) is 23.2 Å².